The number of aromatic hydroxyl groups is 2. The summed E-state index contributed by atoms with van der Waals surface area (Å²) in [7, 11) is 0. The predicted molar refractivity (Wildman–Crippen MR) is 45.0 cm³/mol. The average Bonchev–Trinajstić information content (AvgIpc) is 2.04. The average molecular weight is 200 g/mol. The molecule has 0 saturated heterocycles. The molecule has 4 N–H and O–H groups in total. The van der Waals surface area contributed by atoms with Crippen LogP contribution in [0.2, 0.25) is 0 Å². The number of phenolic OH excluding ortho intramolecular Hbond substituents is 2. The number of carboxylic acid groups (broad SMARTS) is 2. The second-order valence-electron chi connectivity index (χ2n) is 2.13. The third-order valence-corrected chi connectivity index (χ3v) is 1.01. The molecule has 14 heavy (non-hydrogen) atoms. The molecule has 0 atom stereocenters. The Morgan fingerprint density at radius 2 is 1.29 bits per heavy atom. The summed E-state index contributed by atoms with van der Waals surface area (Å²) in [6, 6.07) is 5.85. The maximum absolute atomic E-state index is 9.10. The second-order valence-corrected chi connectivity index (χ2v) is 2.13. The van der Waals surface area contributed by atoms with Crippen LogP contribution in [0.1, 0.15) is 0 Å². The van der Waals surface area contributed by atoms with Crippen LogP contribution in [0, 0.1) is 0 Å². The van der Waals surface area contributed by atoms with E-state index < -0.39 is 11.9 Å². The quantitative estimate of drug-likeness (QED) is 0.446. The molecule has 6 nitrogen and oxygen atoms in total. The molecule has 0 bridgehead atoms. The Morgan fingerprint density at radius 3 is 1.43 bits per heavy atom. The Balaban J connectivity index is 0.000000255. The molecule has 0 aliphatic heterocycles. The van der Waals surface area contributed by atoms with Crippen LogP contribution in [0.4, 0.5) is 0 Å². The van der Waals surface area contributed by atoms with Crippen molar-refractivity contribution in [2.75, 3.05) is 0 Å². The van der Waals surface area contributed by atoms with Crippen molar-refractivity contribution in [1.82, 2.24) is 0 Å². The molecule has 0 heterocycles. The van der Waals surface area contributed by atoms with E-state index in [0.29, 0.717) is 0 Å². The Morgan fingerprint density at radius 1 is 0.929 bits per heavy atom. The van der Waals surface area contributed by atoms with Gasteiger partial charge in [-0.25, -0.2) is 9.59 Å². The predicted octanol–water partition coefficient (Wildman–Crippen LogP) is 0.253. The minimum absolute atomic E-state index is 0.0880. The van der Waals surface area contributed by atoms with Crippen molar-refractivity contribution in [2.24, 2.45) is 0 Å². The molecule has 0 aromatic heterocycles. The summed E-state index contributed by atoms with van der Waals surface area (Å²) in [5, 5.41) is 32.1. The number of carbonyl (C=O) groups is 2. The van der Waals surface area contributed by atoms with Crippen LogP contribution in [0.15, 0.2) is 24.3 Å². The zero-order chi connectivity index (χ0) is 11.1. The standard InChI is InChI=1S/C6H6O2.C2H2O4/c7-5-2-1-3-6(8)4-5;3-1(4)2(5)6/h1-4,7-8H;(H,3,4)(H,5,6). The van der Waals surface area contributed by atoms with Crippen molar-refractivity contribution in [3.63, 3.8) is 0 Å². The molecule has 1 rings (SSSR count). The minimum atomic E-state index is -1.82. The third-order valence-electron chi connectivity index (χ3n) is 1.01. The van der Waals surface area contributed by atoms with E-state index in [1.165, 1.54) is 18.2 Å². The fraction of sp³-hybridized carbons (Fsp3) is 0. The van der Waals surface area contributed by atoms with Crippen LogP contribution in [-0.2, 0) is 9.59 Å². The third kappa shape index (κ3) is 5.42. The molecule has 76 valence electrons. The maximum atomic E-state index is 9.10. The highest BCUT2D eigenvalue weighted by Gasteiger charge is 2.04. The fourth-order valence-corrected chi connectivity index (χ4v) is 0.493. The van der Waals surface area contributed by atoms with E-state index in [0.717, 1.165) is 0 Å². The minimum Gasteiger partial charge on any atom is -0.508 e. The first kappa shape index (κ1) is 11.8. The zero-order valence-corrected chi connectivity index (χ0v) is 6.91. The summed E-state index contributed by atoms with van der Waals surface area (Å²) in [6.07, 6.45) is 0. The summed E-state index contributed by atoms with van der Waals surface area (Å²) in [5.41, 5.74) is 0. The van der Waals surface area contributed by atoms with Gasteiger partial charge in [0.15, 0.2) is 0 Å². The van der Waals surface area contributed by atoms with Crippen molar-refractivity contribution in [2.45, 2.75) is 0 Å². The van der Waals surface area contributed by atoms with E-state index >= 15 is 0 Å². The molecule has 1 aromatic carbocycles. The number of hydrogen-bond acceptors (Lipinski definition) is 4. The van der Waals surface area contributed by atoms with Gasteiger partial charge in [0.2, 0.25) is 0 Å². The number of phenols is 2. The first-order valence-corrected chi connectivity index (χ1v) is 3.37. The Kier molecular flexibility index (Phi) is 4.55. The highest BCUT2D eigenvalue weighted by atomic mass is 16.4. The maximum Gasteiger partial charge on any atom is 0.414 e. The van der Waals surface area contributed by atoms with Crippen molar-refractivity contribution in [3.05, 3.63) is 24.3 Å². The summed E-state index contributed by atoms with van der Waals surface area (Å²) in [6.45, 7) is 0. The van der Waals surface area contributed by atoms with E-state index in [-0.39, 0.29) is 11.5 Å². The normalized spacial score (nSPS) is 8.29. The van der Waals surface area contributed by atoms with Crippen molar-refractivity contribution in [3.8, 4) is 11.5 Å². The topological polar surface area (TPSA) is 115 Å². The van der Waals surface area contributed by atoms with Crippen LogP contribution in [-0.4, -0.2) is 32.4 Å². The summed E-state index contributed by atoms with van der Waals surface area (Å²) < 4.78 is 0. The fourth-order valence-electron chi connectivity index (χ4n) is 0.493. The van der Waals surface area contributed by atoms with Crippen molar-refractivity contribution in [1.29, 1.82) is 0 Å². The van der Waals surface area contributed by atoms with Gasteiger partial charge in [-0.1, -0.05) is 6.07 Å². The highest BCUT2D eigenvalue weighted by Crippen LogP contribution is 2.14. The van der Waals surface area contributed by atoms with E-state index in [2.05, 4.69) is 0 Å². The molecule has 0 fully saturated rings. The summed E-state index contributed by atoms with van der Waals surface area (Å²) in [5.74, 6) is -3.47. The van der Waals surface area contributed by atoms with Crippen LogP contribution in [0.3, 0.4) is 0 Å². The molecule has 0 unspecified atom stereocenters. The molecule has 0 radical (unpaired) electrons. The molecule has 6 heteroatoms. The van der Waals surface area contributed by atoms with E-state index in [4.69, 9.17) is 30.0 Å². The molecule has 1 aromatic rings. The van der Waals surface area contributed by atoms with E-state index in [1.807, 2.05) is 0 Å². The first-order valence-electron chi connectivity index (χ1n) is 3.37. The molecule has 0 spiro atoms. The second kappa shape index (κ2) is 5.41. The van der Waals surface area contributed by atoms with Gasteiger partial charge < -0.3 is 20.4 Å². The molecule has 0 saturated carbocycles. The van der Waals surface area contributed by atoms with Crippen molar-refractivity contribution < 1.29 is 30.0 Å². The highest BCUT2D eigenvalue weighted by molar-refractivity contribution is 6.27. The number of carboxylic acids is 2. The van der Waals surface area contributed by atoms with Gasteiger partial charge in [-0.15, -0.1) is 0 Å². The summed E-state index contributed by atoms with van der Waals surface area (Å²) in [4.78, 5) is 18.2. The van der Waals surface area contributed by atoms with Gasteiger partial charge in [0.05, 0.1) is 0 Å². The molecule has 0 aliphatic rings. The zero-order valence-electron chi connectivity index (χ0n) is 6.91. The van der Waals surface area contributed by atoms with Gasteiger partial charge in [-0.2, -0.15) is 0 Å². The lowest BCUT2D eigenvalue weighted by molar-refractivity contribution is -0.159. The molecule has 0 aliphatic carbocycles. The largest absolute Gasteiger partial charge is 0.508 e. The van der Waals surface area contributed by atoms with E-state index in [1.54, 1.807) is 6.07 Å². The monoisotopic (exact) mass is 200 g/mol. The smallest absolute Gasteiger partial charge is 0.414 e. The van der Waals surface area contributed by atoms with Gasteiger partial charge >= 0.3 is 11.9 Å². The van der Waals surface area contributed by atoms with Crippen molar-refractivity contribution >= 4 is 11.9 Å². The van der Waals surface area contributed by atoms with E-state index in [9.17, 15) is 0 Å². The lowest BCUT2D eigenvalue weighted by atomic mass is 10.3. The number of rotatable bonds is 0. The number of benzene rings is 1. The number of aliphatic carboxylic acids is 2. The van der Waals surface area contributed by atoms with Gasteiger partial charge in [0, 0.05) is 6.07 Å². The molecular weight excluding hydrogens is 192 g/mol. The molecular formula is C8H8O6. The Bertz CT molecular complexity index is 303. The number of hydrogen-bond donors (Lipinski definition) is 4. The lowest BCUT2D eigenvalue weighted by Crippen LogP contribution is -2.09. The Hall–Kier alpha value is -2.24. The van der Waals surface area contributed by atoms with Gasteiger partial charge in [-0.3, -0.25) is 0 Å². The summed E-state index contributed by atoms with van der Waals surface area (Å²) >= 11 is 0. The van der Waals surface area contributed by atoms with Crippen LogP contribution in [0.5, 0.6) is 11.5 Å². The van der Waals surface area contributed by atoms with Gasteiger partial charge in [0.25, 0.3) is 0 Å². The first-order chi connectivity index (χ1) is 6.43. The molecule has 0 amide bonds. The van der Waals surface area contributed by atoms with Gasteiger partial charge in [-0.05, 0) is 12.1 Å². The van der Waals surface area contributed by atoms with Gasteiger partial charge in [0.1, 0.15) is 11.5 Å². The van der Waals surface area contributed by atoms with Crippen LogP contribution < -0.4 is 0 Å². The van der Waals surface area contributed by atoms with Crippen LogP contribution in [0.25, 0.3) is 0 Å². The SMILES string of the molecule is O=C(O)C(=O)O.Oc1cccc(O)c1. The lowest BCUT2D eigenvalue weighted by Gasteiger charge is -1.89. The Labute approximate surface area is 78.7 Å². The van der Waals surface area contributed by atoms with Crippen LogP contribution >= 0.6 is 0 Å².